The molecule has 0 radical (unpaired) electrons. The monoisotopic (exact) mass is 323 g/mol. The highest BCUT2D eigenvalue weighted by atomic mass is 16.2. The van der Waals surface area contributed by atoms with Crippen molar-refractivity contribution in [1.82, 2.24) is 20.9 Å². The third-order valence-corrected chi connectivity index (χ3v) is 4.53. The highest BCUT2D eigenvalue weighted by Gasteiger charge is 2.29. The average Bonchev–Trinajstić information content (AvgIpc) is 3.40. The van der Waals surface area contributed by atoms with Crippen LogP contribution in [-0.2, 0) is 9.59 Å². The van der Waals surface area contributed by atoms with E-state index in [4.69, 9.17) is 0 Å². The van der Waals surface area contributed by atoms with Gasteiger partial charge in [0.25, 0.3) is 0 Å². The summed E-state index contributed by atoms with van der Waals surface area (Å²) in [5.41, 5.74) is 0. The summed E-state index contributed by atoms with van der Waals surface area (Å²) in [7, 11) is 3.47. The van der Waals surface area contributed by atoms with Gasteiger partial charge in [0.05, 0.1) is 0 Å². The maximum Gasteiger partial charge on any atom is 0.223 e. The molecule has 130 valence electrons. The summed E-state index contributed by atoms with van der Waals surface area (Å²) in [4.78, 5) is 29.5. The molecule has 1 heterocycles. The number of carbonyl (C=O) groups excluding carboxylic acids is 2. The van der Waals surface area contributed by atoms with Gasteiger partial charge in [-0.05, 0) is 31.6 Å². The Hall–Kier alpha value is -1.79. The van der Waals surface area contributed by atoms with E-state index >= 15 is 0 Å². The fraction of sp³-hybridized carbons (Fsp3) is 0.812. The molecule has 0 spiro atoms. The summed E-state index contributed by atoms with van der Waals surface area (Å²) in [6.45, 7) is 3.14. The molecule has 0 bridgehead atoms. The second kappa shape index (κ2) is 8.74. The van der Waals surface area contributed by atoms with Crippen LogP contribution in [0.1, 0.15) is 32.1 Å². The van der Waals surface area contributed by atoms with Crippen LogP contribution in [0.5, 0.6) is 0 Å². The van der Waals surface area contributed by atoms with Crippen LogP contribution in [-0.4, -0.2) is 62.9 Å². The van der Waals surface area contributed by atoms with Crippen LogP contribution in [0, 0.1) is 11.8 Å². The van der Waals surface area contributed by atoms with Gasteiger partial charge < -0.3 is 20.9 Å². The fourth-order valence-electron chi connectivity index (χ4n) is 2.90. The normalized spacial score (nSPS) is 19.4. The van der Waals surface area contributed by atoms with Gasteiger partial charge in [0.15, 0.2) is 5.96 Å². The van der Waals surface area contributed by atoms with Gasteiger partial charge in [0.2, 0.25) is 11.8 Å². The average molecular weight is 323 g/mol. The lowest BCUT2D eigenvalue weighted by molar-refractivity contribution is -0.122. The zero-order valence-electron chi connectivity index (χ0n) is 14.2. The molecular weight excluding hydrogens is 294 g/mol. The highest BCUT2D eigenvalue weighted by Crippen LogP contribution is 2.28. The number of nitrogens with one attached hydrogen (secondary N) is 3. The minimum atomic E-state index is 0.123. The minimum Gasteiger partial charge on any atom is -0.359 e. The predicted octanol–water partition coefficient (Wildman–Crippen LogP) is -0.0639. The van der Waals surface area contributed by atoms with E-state index in [2.05, 4.69) is 25.8 Å². The van der Waals surface area contributed by atoms with Crippen molar-refractivity contribution in [3.8, 4) is 0 Å². The molecule has 1 saturated carbocycles. The molecule has 2 aliphatic rings. The third-order valence-electron chi connectivity index (χ3n) is 4.53. The number of likely N-dealkylation sites (tertiary alicyclic amines) is 1. The van der Waals surface area contributed by atoms with E-state index in [9.17, 15) is 9.59 Å². The Morgan fingerprint density at radius 3 is 2.30 bits per heavy atom. The molecule has 2 rings (SSSR count). The number of guanidine groups is 1. The SMILES string of the molecule is CN=C(NCCNC(=O)C1CC1)N1CCC(CC(=O)NC)CC1. The number of rotatable bonds is 6. The topological polar surface area (TPSA) is 85.8 Å². The summed E-state index contributed by atoms with van der Waals surface area (Å²) in [5, 5.41) is 8.94. The molecule has 0 aromatic rings. The maximum absolute atomic E-state index is 11.6. The molecule has 2 amide bonds. The van der Waals surface area contributed by atoms with Crippen LogP contribution >= 0.6 is 0 Å². The Morgan fingerprint density at radius 2 is 1.74 bits per heavy atom. The molecule has 1 aliphatic heterocycles. The van der Waals surface area contributed by atoms with E-state index in [1.165, 1.54) is 0 Å². The number of hydrogen-bond donors (Lipinski definition) is 3. The van der Waals surface area contributed by atoms with Crippen LogP contribution in [0.15, 0.2) is 4.99 Å². The Balaban J connectivity index is 1.64. The van der Waals surface area contributed by atoms with Gasteiger partial charge in [-0.1, -0.05) is 0 Å². The van der Waals surface area contributed by atoms with Crippen molar-refractivity contribution >= 4 is 17.8 Å². The molecule has 3 N–H and O–H groups in total. The summed E-state index contributed by atoms with van der Waals surface area (Å²) in [6.07, 6.45) is 4.69. The maximum atomic E-state index is 11.6. The van der Waals surface area contributed by atoms with Gasteiger partial charge in [0.1, 0.15) is 0 Å². The first-order valence-electron chi connectivity index (χ1n) is 8.58. The van der Waals surface area contributed by atoms with Crippen LogP contribution in [0.3, 0.4) is 0 Å². The standard InChI is InChI=1S/C16H29N5O2/c1-17-14(22)11-12-5-9-21(10-6-12)16(18-2)20-8-7-19-15(23)13-3-4-13/h12-13H,3-11H2,1-2H3,(H,17,22)(H,18,20)(H,19,23). The summed E-state index contributed by atoms with van der Waals surface area (Å²) < 4.78 is 0. The minimum absolute atomic E-state index is 0.123. The third kappa shape index (κ3) is 5.73. The van der Waals surface area contributed by atoms with E-state index in [-0.39, 0.29) is 17.7 Å². The molecule has 7 nitrogen and oxygen atoms in total. The van der Waals surface area contributed by atoms with Crippen molar-refractivity contribution in [3.63, 3.8) is 0 Å². The largest absolute Gasteiger partial charge is 0.359 e. The second-order valence-electron chi connectivity index (χ2n) is 6.35. The van der Waals surface area contributed by atoms with Crippen LogP contribution in [0.25, 0.3) is 0 Å². The molecule has 7 heteroatoms. The van der Waals surface area contributed by atoms with Gasteiger partial charge >= 0.3 is 0 Å². The van der Waals surface area contributed by atoms with Crippen molar-refractivity contribution in [1.29, 1.82) is 0 Å². The lowest BCUT2D eigenvalue weighted by Gasteiger charge is -2.34. The van der Waals surface area contributed by atoms with Crippen molar-refractivity contribution in [2.45, 2.75) is 32.1 Å². The molecule has 0 atom stereocenters. The number of aliphatic imine (C=N–C) groups is 1. The zero-order chi connectivity index (χ0) is 16.7. The lowest BCUT2D eigenvalue weighted by atomic mass is 9.93. The van der Waals surface area contributed by atoms with E-state index in [0.717, 1.165) is 44.7 Å². The van der Waals surface area contributed by atoms with Crippen LogP contribution in [0.2, 0.25) is 0 Å². The van der Waals surface area contributed by atoms with Crippen molar-refractivity contribution in [3.05, 3.63) is 0 Å². The molecule has 0 aromatic heterocycles. The summed E-state index contributed by atoms with van der Waals surface area (Å²) in [5.74, 6) is 1.90. The van der Waals surface area contributed by atoms with Gasteiger partial charge in [-0.2, -0.15) is 0 Å². The molecule has 1 saturated heterocycles. The van der Waals surface area contributed by atoms with Gasteiger partial charge in [0, 0.05) is 52.6 Å². The van der Waals surface area contributed by atoms with Gasteiger partial charge in [-0.3, -0.25) is 14.6 Å². The first-order chi connectivity index (χ1) is 11.1. The first-order valence-corrected chi connectivity index (χ1v) is 8.58. The summed E-state index contributed by atoms with van der Waals surface area (Å²) >= 11 is 0. The van der Waals surface area contributed by atoms with E-state index < -0.39 is 0 Å². The van der Waals surface area contributed by atoms with Crippen LogP contribution in [0.4, 0.5) is 0 Å². The molecule has 23 heavy (non-hydrogen) atoms. The van der Waals surface area contributed by atoms with Crippen molar-refractivity contribution in [2.75, 3.05) is 40.3 Å². The lowest BCUT2D eigenvalue weighted by Crippen LogP contribution is -2.47. The van der Waals surface area contributed by atoms with Gasteiger partial charge in [-0.25, -0.2) is 0 Å². The van der Waals surface area contributed by atoms with E-state index in [0.29, 0.717) is 25.4 Å². The Morgan fingerprint density at radius 1 is 1.09 bits per heavy atom. The predicted molar refractivity (Wildman–Crippen MR) is 90.1 cm³/mol. The Labute approximate surface area is 138 Å². The van der Waals surface area contributed by atoms with Gasteiger partial charge in [-0.15, -0.1) is 0 Å². The quantitative estimate of drug-likeness (QED) is 0.363. The molecule has 0 unspecified atom stereocenters. The first kappa shape index (κ1) is 17.6. The molecular formula is C16H29N5O2. The van der Waals surface area contributed by atoms with Crippen molar-refractivity contribution in [2.24, 2.45) is 16.8 Å². The highest BCUT2D eigenvalue weighted by molar-refractivity contribution is 5.81. The number of carbonyl (C=O) groups is 2. The van der Waals surface area contributed by atoms with Crippen LogP contribution < -0.4 is 16.0 Å². The Bertz CT molecular complexity index is 440. The number of amides is 2. The smallest absolute Gasteiger partial charge is 0.223 e. The molecule has 0 aromatic carbocycles. The fourth-order valence-corrected chi connectivity index (χ4v) is 2.90. The Kier molecular flexibility index (Phi) is 6.67. The number of nitrogens with zero attached hydrogens (tertiary/aromatic N) is 2. The molecule has 2 fully saturated rings. The number of piperidine rings is 1. The second-order valence-corrected chi connectivity index (χ2v) is 6.35. The van der Waals surface area contributed by atoms with E-state index in [1.54, 1.807) is 14.1 Å². The molecule has 1 aliphatic carbocycles. The zero-order valence-corrected chi connectivity index (χ0v) is 14.2. The number of hydrogen-bond acceptors (Lipinski definition) is 3. The van der Waals surface area contributed by atoms with Crippen molar-refractivity contribution < 1.29 is 9.59 Å². The summed E-state index contributed by atoms with van der Waals surface area (Å²) in [6, 6.07) is 0. The van der Waals surface area contributed by atoms with E-state index in [1.807, 2.05) is 0 Å².